The highest BCUT2D eigenvalue weighted by Gasteiger charge is 1.96. The summed E-state index contributed by atoms with van der Waals surface area (Å²) in [7, 11) is 0. The molecular weight excluding hydrogens is 164 g/mol. The Morgan fingerprint density at radius 1 is 1.82 bits per heavy atom. The van der Waals surface area contributed by atoms with Gasteiger partial charge < -0.3 is 10.5 Å². The average molecular weight is 172 g/mol. The first-order chi connectivity index (χ1) is 5.29. The van der Waals surface area contributed by atoms with Crippen molar-refractivity contribution in [3.63, 3.8) is 0 Å². The van der Waals surface area contributed by atoms with Gasteiger partial charge in [0.25, 0.3) is 0 Å². The standard InChI is InChI=1S/C6H8N2O2S/c7-6(9)10-3-1-5-8-2-4-11-5/h2,4H,1,3H2,(H2,7,9). The molecule has 1 aromatic heterocycles. The number of hydrogen-bond donors (Lipinski definition) is 1. The van der Waals surface area contributed by atoms with Gasteiger partial charge in [0.05, 0.1) is 11.6 Å². The highest BCUT2D eigenvalue weighted by molar-refractivity contribution is 7.09. The molecule has 0 aliphatic rings. The summed E-state index contributed by atoms with van der Waals surface area (Å²) in [5.74, 6) is 0. The van der Waals surface area contributed by atoms with Crippen molar-refractivity contribution in [2.45, 2.75) is 6.42 Å². The van der Waals surface area contributed by atoms with E-state index in [9.17, 15) is 4.79 Å². The highest BCUT2D eigenvalue weighted by Crippen LogP contribution is 2.03. The van der Waals surface area contributed by atoms with Crippen LogP contribution in [0.4, 0.5) is 4.79 Å². The van der Waals surface area contributed by atoms with E-state index in [2.05, 4.69) is 9.72 Å². The zero-order chi connectivity index (χ0) is 8.10. The van der Waals surface area contributed by atoms with Gasteiger partial charge in [0, 0.05) is 18.0 Å². The van der Waals surface area contributed by atoms with E-state index in [1.807, 2.05) is 5.38 Å². The Labute approximate surface area is 68.0 Å². The minimum atomic E-state index is -0.735. The van der Waals surface area contributed by atoms with Crippen molar-refractivity contribution in [1.29, 1.82) is 0 Å². The van der Waals surface area contributed by atoms with Crippen LogP contribution >= 0.6 is 11.3 Å². The lowest BCUT2D eigenvalue weighted by atomic mass is 10.5. The number of carbonyl (C=O) groups excluding carboxylic acids is 1. The van der Waals surface area contributed by atoms with E-state index < -0.39 is 6.09 Å². The normalized spacial score (nSPS) is 9.45. The maximum atomic E-state index is 10.1. The molecule has 5 heteroatoms. The fourth-order valence-electron chi connectivity index (χ4n) is 0.615. The first-order valence-electron chi connectivity index (χ1n) is 3.09. The van der Waals surface area contributed by atoms with Gasteiger partial charge in [0.15, 0.2) is 0 Å². The number of amides is 1. The molecule has 2 N–H and O–H groups in total. The summed E-state index contributed by atoms with van der Waals surface area (Å²) in [5, 5.41) is 2.82. The number of nitrogens with zero attached hydrogens (tertiary/aromatic N) is 1. The quantitative estimate of drug-likeness (QED) is 0.732. The fraction of sp³-hybridized carbons (Fsp3) is 0.333. The van der Waals surface area contributed by atoms with Gasteiger partial charge >= 0.3 is 6.09 Å². The molecule has 1 heterocycles. The first-order valence-corrected chi connectivity index (χ1v) is 3.97. The number of ether oxygens (including phenoxy) is 1. The molecule has 0 unspecified atom stereocenters. The molecule has 60 valence electrons. The second-order valence-corrected chi connectivity index (χ2v) is 2.82. The lowest BCUT2D eigenvalue weighted by Gasteiger charge is -1.96. The van der Waals surface area contributed by atoms with E-state index in [4.69, 9.17) is 5.73 Å². The van der Waals surface area contributed by atoms with Crippen LogP contribution < -0.4 is 5.73 Å². The van der Waals surface area contributed by atoms with E-state index in [1.165, 1.54) is 11.3 Å². The molecule has 0 saturated carbocycles. The monoisotopic (exact) mass is 172 g/mol. The predicted molar refractivity (Wildman–Crippen MR) is 41.4 cm³/mol. The van der Waals surface area contributed by atoms with Crippen LogP contribution in [0.5, 0.6) is 0 Å². The van der Waals surface area contributed by atoms with Crippen molar-refractivity contribution in [1.82, 2.24) is 4.98 Å². The molecule has 1 rings (SSSR count). The van der Waals surface area contributed by atoms with Crippen LogP contribution in [0.3, 0.4) is 0 Å². The number of carbonyl (C=O) groups is 1. The van der Waals surface area contributed by atoms with Gasteiger partial charge in [-0.05, 0) is 0 Å². The summed E-state index contributed by atoms with van der Waals surface area (Å²) < 4.78 is 4.52. The zero-order valence-electron chi connectivity index (χ0n) is 5.82. The third-order valence-corrected chi connectivity index (χ3v) is 1.88. The lowest BCUT2D eigenvalue weighted by Crippen LogP contribution is -2.14. The van der Waals surface area contributed by atoms with Crippen molar-refractivity contribution in [2.75, 3.05) is 6.61 Å². The van der Waals surface area contributed by atoms with Crippen molar-refractivity contribution in [2.24, 2.45) is 5.73 Å². The Morgan fingerprint density at radius 3 is 3.18 bits per heavy atom. The molecule has 1 amide bonds. The smallest absolute Gasteiger partial charge is 0.404 e. The van der Waals surface area contributed by atoms with Crippen LogP contribution in [0.15, 0.2) is 11.6 Å². The number of primary amides is 1. The number of nitrogens with two attached hydrogens (primary N) is 1. The summed E-state index contributed by atoms with van der Waals surface area (Å²) >= 11 is 1.53. The molecule has 0 fully saturated rings. The van der Waals surface area contributed by atoms with E-state index >= 15 is 0 Å². The van der Waals surface area contributed by atoms with E-state index in [0.29, 0.717) is 13.0 Å². The number of aromatic nitrogens is 1. The summed E-state index contributed by atoms with van der Waals surface area (Å²) in [4.78, 5) is 14.1. The molecule has 0 aliphatic heterocycles. The summed E-state index contributed by atoms with van der Waals surface area (Å²) in [6.07, 6.45) is 1.62. The molecule has 0 bridgehead atoms. The third kappa shape index (κ3) is 2.99. The van der Waals surface area contributed by atoms with Gasteiger partial charge in [-0.1, -0.05) is 0 Å². The minimum Gasteiger partial charge on any atom is -0.449 e. The van der Waals surface area contributed by atoms with Crippen LogP contribution in [-0.2, 0) is 11.2 Å². The topological polar surface area (TPSA) is 65.2 Å². The first kappa shape index (κ1) is 8.00. The van der Waals surface area contributed by atoms with Crippen molar-refractivity contribution in [3.05, 3.63) is 16.6 Å². The SMILES string of the molecule is NC(=O)OCCc1nccs1. The molecule has 4 nitrogen and oxygen atoms in total. The largest absolute Gasteiger partial charge is 0.449 e. The number of hydrogen-bond acceptors (Lipinski definition) is 4. The van der Waals surface area contributed by atoms with Crippen molar-refractivity contribution in [3.8, 4) is 0 Å². The third-order valence-electron chi connectivity index (χ3n) is 1.04. The average Bonchev–Trinajstić information content (AvgIpc) is 2.39. The van der Waals surface area contributed by atoms with Gasteiger partial charge in [-0.25, -0.2) is 9.78 Å². The van der Waals surface area contributed by atoms with Gasteiger partial charge in [0.2, 0.25) is 0 Å². The Bertz CT molecular complexity index is 222. The molecule has 0 spiro atoms. The van der Waals surface area contributed by atoms with E-state index in [1.54, 1.807) is 6.20 Å². The molecule has 1 aromatic rings. The zero-order valence-corrected chi connectivity index (χ0v) is 6.63. The van der Waals surface area contributed by atoms with Crippen LogP contribution in [0, 0.1) is 0 Å². The van der Waals surface area contributed by atoms with Gasteiger partial charge in [-0.3, -0.25) is 0 Å². The Hall–Kier alpha value is -1.10. The Kier molecular flexibility index (Phi) is 2.85. The Morgan fingerprint density at radius 2 is 2.64 bits per heavy atom. The highest BCUT2D eigenvalue weighted by atomic mass is 32.1. The van der Waals surface area contributed by atoms with Crippen LogP contribution in [0.1, 0.15) is 5.01 Å². The predicted octanol–water partition coefficient (Wildman–Crippen LogP) is 0.781. The van der Waals surface area contributed by atoms with Gasteiger partial charge in [-0.15, -0.1) is 11.3 Å². The Balaban J connectivity index is 2.19. The van der Waals surface area contributed by atoms with E-state index in [-0.39, 0.29) is 0 Å². The molecule has 0 saturated heterocycles. The second kappa shape index (κ2) is 3.92. The summed E-state index contributed by atoms with van der Waals surface area (Å²) in [6.45, 7) is 0.308. The maximum Gasteiger partial charge on any atom is 0.404 e. The van der Waals surface area contributed by atoms with E-state index in [0.717, 1.165) is 5.01 Å². The second-order valence-electron chi connectivity index (χ2n) is 1.84. The van der Waals surface area contributed by atoms with Crippen LogP contribution in [0.25, 0.3) is 0 Å². The molecule has 0 atom stereocenters. The van der Waals surface area contributed by atoms with Crippen LogP contribution in [-0.4, -0.2) is 17.7 Å². The van der Waals surface area contributed by atoms with Crippen LogP contribution in [0.2, 0.25) is 0 Å². The molecule has 0 aromatic carbocycles. The molecule has 0 radical (unpaired) electrons. The fourth-order valence-corrected chi connectivity index (χ4v) is 1.22. The van der Waals surface area contributed by atoms with Gasteiger partial charge in [0.1, 0.15) is 0 Å². The molecule has 0 aliphatic carbocycles. The van der Waals surface area contributed by atoms with Crippen molar-refractivity contribution >= 4 is 17.4 Å². The lowest BCUT2D eigenvalue weighted by molar-refractivity contribution is 0.158. The molecule has 11 heavy (non-hydrogen) atoms. The summed E-state index contributed by atoms with van der Waals surface area (Å²) in [6, 6.07) is 0. The maximum absolute atomic E-state index is 10.1. The number of thiazole rings is 1. The molecular formula is C6H8N2O2S. The van der Waals surface area contributed by atoms with Crippen molar-refractivity contribution < 1.29 is 9.53 Å². The minimum absolute atomic E-state index is 0.308. The summed E-state index contributed by atoms with van der Waals surface area (Å²) in [5.41, 5.74) is 4.75. The van der Waals surface area contributed by atoms with Gasteiger partial charge in [-0.2, -0.15) is 0 Å². The number of rotatable bonds is 3.